The summed E-state index contributed by atoms with van der Waals surface area (Å²) in [6.45, 7) is 4.34. The van der Waals surface area contributed by atoms with Crippen molar-refractivity contribution in [2.45, 2.75) is 57.8 Å². The first-order chi connectivity index (χ1) is 12.1. The van der Waals surface area contributed by atoms with E-state index in [1.54, 1.807) is 6.08 Å². The van der Waals surface area contributed by atoms with Crippen molar-refractivity contribution in [1.82, 2.24) is 10.2 Å². The maximum Gasteiger partial charge on any atom is 0.250 e. The molecule has 1 saturated carbocycles. The second-order valence-corrected chi connectivity index (χ2v) is 7.93. The topological polar surface area (TPSA) is 54.9 Å². The summed E-state index contributed by atoms with van der Waals surface area (Å²) in [6.07, 6.45) is 9.61. The molecule has 0 saturated heterocycles. The normalized spacial score (nSPS) is 15.8. The third kappa shape index (κ3) is 4.98. The van der Waals surface area contributed by atoms with E-state index in [2.05, 4.69) is 41.5 Å². The van der Waals surface area contributed by atoms with E-state index in [4.69, 9.17) is 0 Å². The molecular weight excluding hydrogens is 330 g/mol. The van der Waals surface area contributed by atoms with E-state index in [1.165, 1.54) is 49.0 Å². The van der Waals surface area contributed by atoms with E-state index in [9.17, 15) is 4.79 Å². The van der Waals surface area contributed by atoms with Crippen LogP contribution in [0.3, 0.4) is 0 Å². The number of nitrogens with zero attached hydrogens (tertiary/aromatic N) is 2. The molecule has 5 heteroatoms. The van der Waals surface area contributed by atoms with Crippen LogP contribution in [0.25, 0.3) is 6.08 Å². The second-order valence-electron chi connectivity index (χ2n) is 6.92. The molecule has 25 heavy (non-hydrogen) atoms. The quantitative estimate of drug-likeness (QED) is 0.734. The van der Waals surface area contributed by atoms with Gasteiger partial charge in [0.1, 0.15) is 5.01 Å². The van der Waals surface area contributed by atoms with E-state index in [-0.39, 0.29) is 5.91 Å². The van der Waals surface area contributed by atoms with E-state index in [1.807, 2.05) is 18.2 Å². The summed E-state index contributed by atoms with van der Waals surface area (Å²) in [7, 11) is 0. The standard InChI is InChI=1S/C20H25N3OS/c1-14(2)16-11-8-15(9-12-16)10-13-18(24)21-20-23-22-19(25-20)17-6-4-3-5-7-17/h8-14,17H,3-7H2,1-2H3,(H,21,23,24)/b13-10+. The molecule has 0 spiro atoms. The highest BCUT2D eigenvalue weighted by Gasteiger charge is 2.19. The summed E-state index contributed by atoms with van der Waals surface area (Å²) in [5, 5.41) is 12.9. The van der Waals surface area contributed by atoms with Gasteiger partial charge in [0.05, 0.1) is 0 Å². The fourth-order valence-electron chi connectivity index (χ4n) is 3.11. The van der Waals surface area contributed by atoms with Crippen molar-refractivity contribution in [3.05, 3.63) is 46.5 Å². The molecule has 2 aromatic rings. The van der Waals surface area contributed by atoms with Crippen LogP contribution < -0.4 is 5.32 Å². The smallest absolute Gasteiger partial charge is 0.250 e. The van der Waals surface area contributed by atoms with Gasteiger partial charge in [-0.2, -0.15) is 0 Å². The molecule has 1 aliphatic rings. The van der Waals surface area contributed by atoms with Gasteiger partial charge < -0.3 is 0 Å². The molecule has 1 aromatic carbocycles. The van der Waals surface area contributed by atoms with Crippen LogP contribution in [0.4, 0.5) is 5.13 Å². The predicted molar refractivity (Wildman–Crippen MR) is 104 cm³/mol. The molecule has 1 aliphatic carbocycles. The first-order valence-corrected chi connectivity index (χ1v) is 9.86. The van der Waals surface area contributed by atoms with Crippen molar-refractivity contribution in [3.63, 3.8) is 0 Å². The Morgan fingerprint density at radius 3 is 2.56 bits per heavy atom. The average Bonchev–Trinajstić information content (AvgIpc) is 3.09. The number of hydrogen-bond acceptors (Lipinski definition) is 4. The molecule has 1 fully saturated rings. The second kappa shape index (κ2) is 8.39. The van der Waals surface area contributed by atoms with Crippen molar-refractivity contribution in [3.8, 4) is 0 Å². The van der Waals surface area contributed by atoms with Gasteiger partial charge in [-0.05, 0) is 36.0 Å². The third-order valence-electron chi connectivity index (χ3n) is 4.66. The highest BCUT2D eigenvalue weighted by Crippen LogP contribution is 2.35. The van der Waals surface area contributed by atoms with Gasteiger partial charge in [-0.15, -0.1) is 10.2 Å². The zero-order chi connectivity index (χ0) is 17.6. The minimum Gasteiger partial charge on any atom is -0.297 e. The minimum absolute atomic E-state index is 0.167. The summed E-state index contributed by atoms with van der Waals surface area (Å²) >= 11 is 1.51. The largest absolute Gasteiger partial charge is 0.297 e. The molecule has 4 nitrogen and oxygen atoms in total. The molecule has 1 heterocycles. The van der Waals surface area contributed by atoms with Crippen molar-refractivity contribution < 1.29 is 4.79 Å². The molecule has 1 N–H and O–H groups in total. The van der Waals surface area contributed by atoms with Gasteiger partial charge in [0.25, 0.3) is 0 Å². The molecule has 0 radical (unpaired) electrons. The first kappa shape index (κ1) is 17.8. The van der Waals surface area contributed by atoms with Gasteiger partial charge >= 0.3 is 0 Å². The molecule has 0 aliphatic heterocycles. The Balaban J connectivity index is 1.56. The Morgan fingerprint density at radius 2 is 1.88 bits per heavy atom. The fourth-order valence-corrected chi connectivity index (χ4v) is 4.03. The Kier molecular flexibility index (Phi) is 5.97. The third-order valence-corrected chi connectivity index (χ3v) is 5.66. The van der Waals surface area contributed by atoms with Crippen LogP contribution in [0.2, 0.25) is 0 Å². The summed E-state index contributed by atoms with van der Waals surface area (Å²) in [4.78, 5) is 12.1. The van der Waals surface area contributed by atoms with Crippen LogP contribution >= 0.6 is 11.3 Å². The van der Waals surface area contributed by atoms with Crippen molar-refractivity contribution in [2.75, 3.05) is 5.32 Å². The molecule has 0 unspecified atom stereocenters. The molecule has 132 valence electrons. The molecular formula is C20H25N3OS. The molecule has 3 rings (SSSR count). The van der Waals surface area contributed by atoms with Crippen LogP contribution in [-0.2, 0) is 4.79 Å². The number of benzene rings is 1. The number of carbonyl (C=O) groups excluding carboxylic acids is 1. The predicted octanol–water partition coefficient (Wildman–Crippen LogP) is 5.36. The fraction of sp³-hybridized carbons (Fsp3) is 0.450. The highest BCUT2D eigenvalue weighted by molar-refractivity contribution is 7.15. The maximum absolute atomic E-state index is 12.1. The maximum atomic E-state index is 12.1. The summed E-state index contributed by atoms with van der Waals surface area (Å²) in [6, 6.07) is 8.27. The lowest BCUT2D eigenvalue weighted by molar-refractivity contribution is -0.111. The average molecular weight is 356 g/mol. The Morgan fingerprint density at radius 1 is 1.16 bits per heavy atom. The number of aromatic nitrogens is 2. The van der Waals surface area contributed by atoms with Crippen LogP contribution in [0.1, 0.15) is 73.9 Å². The van der Waals surface area contributed by atoms with Gasteiger partial charge in [0, 0.05) is 12.0 Å². The highest BCUT2D eigenvalue weighted by atomic mass is 32.1. The number of hydrogen-bond donors (Lipinski definition) is 1. The zero-order valence-electron chi connectivity index (χ0n) is 14.9. The van der Waals surface area contributed by atoms with E-state index in [0.717, 1.165) is 10.6 Å². The van der Waals surface area contributed by atoms with E-state index < -0.39 is 0 Å². The van der Waals surface area contributed by atoms with Gasteiger partial charge in [-0.3, -0.25) is 10.1 Å². The minimum atomic E-state index is -0.167. The lowest BCUT2D eigenvalue weighted by Crippen LogP contribution is -2.07. The summed E-state index contributed by atoms with van der Waals surface area (Å²) < 4.78 is 0. The van der Waals surface area contributed by atoms with Crippen LogP contribution in [0, 0.1) is 0 Å². The van der Waals surface area contributed by atoms with Gasteiger partial charge in [-0.25, -0.2) is 0 Å². The van der Waals surface area contributed by atoms with Crippen LogP contribution in [0.5, 0.6) is 0 Å². The summed E-state index contributed by atoms with van der Waals surface area (Å²) in [5.41, 5.74) is 2.31. The number of carbonyl (C=O) groups is 1. The van der Waals surface area contributed by atoms with Crippen molar-refractivity contribution in [1.29, 1.82) is 0 Å². The number of anilines is 1. The lowest BCUT2D eigenvalue weighted by atomic mass is 9.90. The molecule has 0 bridgehead atoms. The monoisotopic (exact) mass is 355 g/mol. The van der Waals surface area contributed by atoms with Crippen LogP contribution in [0.15, 0.2) is 30.3 Å². The zero-order valence-corrected chi connectivity index (χ0v) is 15.7. The number of amides is 1. The summed E-state index contributed by atoms with van der Waals surface area (Å²) in [5.74, 6) is 0.864. The van der Waals surface area contributed by atoms with Gasteiger partial charge in [0.15, 0.2) is 0 Å². The Hall–Kier alpha value is -2.01. The Bertz CT molecular complexity index is 728. The van der Waals surface area contributed by atoms with Crippen molar-refractivity contribution in [2.24, 2.45) is 0 Å². The molecule has 0 atom stereocenters. The lowest BCUT2D eigenvalue weighted by Gasteiger charge is -2.18. The van der Waals surface area contributed by atoms with Crippen molar-refractivity contribution >= 4 is 28.5 Å². The van der Waals surface area contributed by atoms with E-state index in [0.29, 0.717) is 17.0 Å². The van der Waals surface area contributed by atoms with Crippen LogP contribution in [-0.4, -0.2) is 16.1 Å². The van der Waals surface area contributed by atoms with E-state index >= 15 is 0 Å². The van der Waals surface area contributed by atoms with Gasteiger partial charge in [0.2, 0.25) is 11.0 Å². The number of rotatable bonds is 5. The SMILES string of the molecule is CC(C)c1ccc(/C=C/C(=O)Nc2nnc(C3CCCCC3)s2)cc1. The first-order valence-electron chi connectivity index (χ1n) is 9.04. The molecule has 1 amide bonds. The molecule has 1 aromatic heterocycles. The number of nitrogens with one attached hydrogen (secondary N) is 1. The van der Waals surface area contributed by atoms with Gasteiger partial charge in [-0.1, -0.05) is 68.7 Å². The Labute approximate surface area is 153 Å².